The van der Waals surface area contributed by atoms with Crippen molar-refractivity contribution in [2.45, 2.75) is 19.3 Å². The van der Waals surface area contributed by atoms with Gasteiger partial charge >= 0.3 is 0 Å². The largest absolute Gasteiger partial charge is 0.455 e. The van der Waals surface area contributed by atoms with Crippen LogP contribution in [0.3, 0.4) is 0 Å². The number of nitrogens with zero attached hydrogens (tertiary/aromatic N) is 1. The van der Waals surface area contributed by atoms with Gasteiger partial charge in [0.15, 0.2) is 0 Å². The summed E-state index contributed by atoms with van der Waals surface area (Å²) in [4.78, 5) is 2.45. The highest BCUT2D eigenvalue weighted by Crippen LogP contribution is 2.52. The third kappa shape index (κ3) is 4.57. The summed E-state index contributed by atoms with van der Waals surface area (Å²) in [6, 6.07) is 63.6. The van der Waals surface area contributed by atoms with Crippen molar-refractivity contribution in [3.63, 3.8) is 0 Å². The molecule has 10 rings (SSSR count). The molecule has 0 saturated heterocycles. The Morgan fingerprint density at radius 2 is 1.04 bits per heavy atom. The molecule has 0 unspecified atom stereocenters. The van der Waals surface area contributed by atoms with Crippen molar-refractivity contribution in [2.75, 3.05) is 4.90 Å². The maximum Gasteiger partial charge on any atom is 0.144 e. The van der Waals surface area contributed by atoms with E-state index < -0.39 is 0 Å². The second-order valence-electron chi connectivity index (χ2n) is 14.1. The summed E-state index contributed by atoms with van der Waals surface area (Å²) in [5.74, 6) is 0. The molecule has 0 bridgehead atoms. The molecule has 9 aromatic rings. The lowest BCUT2D eigenvalue weighted by Crippen LogP contribution is -2.16. The molecule has 0 spiro atoms. The number of furan rings is 1. The first-order valence-corrected chi connectivity index (χ1v) is 17.7. The van der Waals surface area contributed by atoms with Crippen molar-refractivity contribution in [3.8, 4) is 33.4 Å². The van der Waals surface area contributed by atoms with Crippen LogP contribution in [-0.2, 0) is 5.41 Å². The van der Waals surface area contributed by atoms with Gasteiger partial charge < -0.3 is 9.32 Å². The topological polar surface area (TPSA) is 16.4 Å². The van der Waals surface area contributed by atoms with Crippen LogP contribution in [0.5, 0.6) is 0 Å². The average molecular weight is 654 g/mol. The van der Waals surface area contributed by atoms with Crippen LogP contribution in [0.2, 0.25) is 0 Å². The van der Waals surface area contributed by atoms with Crippen molar-refractivity contribution in [3.05, 3.63) is 187 Å². The van der Waals surface area contributed by atoms with E-state index in [9.17, 15) is 0 Å². The highest BCUT2D eigenvalue weighted by molar-refractivity contribution is 6.23. The van der Waals surface area contributed by atoms with Gasteiger partial charge in [-0.2, -0.15) is 0 Å². The summed E-state index contributed by atoms with van der Waals surface area (Å²) in [5, 5.41) is 4.48. The molecule has 0 amide bonds. The van der Waals surface area contributed by atoms with E-state index >= 15 is 0 Å². The quantitative estimate of drug-likeness (QED) is 0.184. The summed E-state index contributed by atoms with van der Waals surface area (Å²) < 4.78 is 6.74. The maximum absolute atomic E-state index is 6.74. The zero-order chi connectivity index (χ0) is 34.1. The summed E-state index contributed by atoms with van der Waals surface area (Å²) in [6.45, 7) is 4.71. The van der Waals surface area contributed by atoms with Gasteiger partial charge in [0, 0.05) is 38.3 Å². The Kier molecular flexibility index (Phi) is 6.56. The second kappa shape index (κ2) is 11.3. The van der Waals surface area contributed by atoms with E-state index in [0.29, 0.717) is 0 Å². The van der Waals surface area contributed by atoms with E-state index in [1.165, 1.54) is 33.4 Å². The number of para-hydroxylation sites is 1. The Hall–Kier alpha value is -6.38. The van der Waals surface area contributed by atoms with Crippen LogP contribution in [0.15, 0.2) is 180 Å². The Labute approximate surface area is 297 Å². The summed E-state index contributed by atoms with van der Waals surface area (Å²) in [6.07, 6.45) is 0. The fourth-order valence-corrected chi connectivity index (χ4v) is 8.35. The van der Waals surface area contributed by atoms with Gasteiger partial charge in [0.2, 0.25) is 0 Å². The third-order valence-electron chi connectivity index (χ3n) is 10.9. The zero-order valence-electron chi connectivity index (χ0n) is 28.6. The van der Waals surface area contributed by atoms with Crippen molar-refractivity contribution >= 4 is 49.8 Å². The normalized spacial score (nSPS) is 13.1. The molecule has 8 aromatic carbocycles. The summed E-state index contributed by atoms with van der Waals surface area (Å²) in [7, 11) is 0. The molecule has 0 atom stereocenters. The number of benzene rings is 8. The van der Waals surface area contributed by atoms with E-state index in [4.69, 9.17) is 4.42 Å². The van der Waals surface area contributed by atoms with Crippen LogP contribution in [0, 0.1) is 0 Å². The number of rotatable bonds is 5. The van der Waals surface area contributed by atoms with Crippen LogP contribution in [0.1, 0.15) is 25.0 Å². The van der Waals surface area contributed by atoms with Crippen LogP contribution >= 0.6 is 0 Å². The average Bonchev–Trinajstić information content (AvgIpc) is 3.67. The first kappa shape index (κ1) is 29.5. The standard InChI is InChI=1S/C49H35NO/c1-49(2)43-22-11-9-18-38(43)39-29-28-36(30-44(39)49)50(35-26-24-33(25-27-35)32-14-5-3-6-15-32)45-31-42-40-19-10-12-23-46(40)51-48(42)47-37(20-13-21-41(45)47)34-16-7-4-8-17-34/h3-31H,1-2H3. The van der Waals surface area contributed by atoms with Crippen LogP contribution in [-0.4, -0.2) is 0 Å². The molecule has 1 aromatic heterocycles. The minimum atomic E-state index is -0.127. The van der Waals surface area contributed by atoms with Crippen molar-refractivity contribution in [1.82, 2.24) is 0 Å². The van der Waals surface area contributed by atoms with Gasteiger partial charge in [-0.1, -0.05) is 153 Å². The molecule has 0 fully saturated rings. The monoisotopic (exact) mass is 653 g/mol. The fourth-order valence-electron chi connectivity index (χ4n) is 8.35. The van der Waals surface area contributed by atoms with Gasteiger partial charge in [0.25, 0.3) is 0 Å². The van der Waals surface area contributed by atoms with Crippen molar-refractivity contribution in [1.29, 1.82) is 0 Å². The molecular formula is C49H35NO. The summed E-state index contributed by atoms with van der Waals surface area (Å²) >= 11 is 0. The highest BCUT2D eigenvalue weighted by atomic mass is 16.3. The minimum Gasteiger partial charge on any atom is -0.455 e. The molecule has 2 heteroatoms. The SMILES string of the molecule is CC1(C)c2ccccc2-c2ccc(N(c3ccc(-c4ccccc4)cc3)c3cc4c5ccccc5oc4c4c(-c5ccccc5)cccc34)cc21. The molecule has 1 heterocycles. The molecule has 0 aliphatic heterocycles. The van der Waals surface area contributed by atoms with Crippen molar-refractivity contribution in [2.24, 2.45) is 0 Å². The molecular weight excluding hydrogens is 619 g/mol. The lowest BCUT2D eigenvalue weighted by atomic mass is 9.82. The Morgan fingerprint density at radius 1 is 0.431 bits per heavy atom. The first-order valence-electron chi connectivity index (χ1n) is 17.7. The van der Waals surface area contributed by atoms with Crippen LogP contribution in [0.25, 0.3) is 66.1 Å². The highest BCUT2D eigenvalue weighted by Gasteiger charge is 2.36. The summed E-state index contributed by atoms with van der Waals surface area (Å²) in [5.41, 5.74) is 15.1. The molecule has 242 valence electrons. The minimum absolute atomic E-state index is 0.127. The second-order valence-corrected chi connectivity index (χ2v) is 14.1. The lowest BCUT2D eigenvalue weighted by molar-refractivity contribution is 0.660. The number of anilines is 3. The Morgan fingerprint density at radius 3 is 1.84 bits per heavy atom. The van der Waals surface area contributed by atoms with E-state index in [0.717, 1.165) is 60.9 Å². The molecule has 1 aliphatic carbocycles. The van der Waals surface area contributed by atoms with Crippen LogP contribution in [0.4, 0.5) is 17.1 Å². The number of hydrogen-bond acceptors (Lipinski definition) is 2. The fraction of sp³-hybridized carbons (Fsp3) is 0.0612. The van der Waals surface area contributed by atoms with Gasteiger partial charge in [-0.05, 0) is 80.9 Å². The van der Waals surface area contributed by atoms with E-state index in [2.05, 4.69) is 195 Å². The van der Waals surface area contributed by atoms with Gasteiger partial charge in [0.1, 0.15) is 11.2 Å². The van der Waals surface area contributed by atoms with E-state index in [1.807, 2.05) is 0 Å². The Bertz CT molecular complexity index is 2760. The molecule has 0 radical (unpaired) electrons. The van der Waals surface area contributed by atoms with Gasteiger partial charge in [0.05, 0.1) is 5.69 Å². The molecule has 0 saturated carbocycles. The first-order chi connectivity index (χ1) is 25.1. The molecule has 51 heavy (non-hydrogen) atoms. The van der Waals surface area contributed by atoms with Gasteiger partial charge in [-0.15, -0.1) is 0 Å². The molecule has 0 N–H and O–H groups in total. The predicted octanol–water partition coefficient (Wildman–Crippen LogP) is 13.8. The van der Waals surface area contributed by atoms with Crippen molar-refractivity contribution < 1.29 is 4.42 Å². The lowest BCUT2D eigenvalue weighted by Gasteiger charge is -2.29. The van der Waals surface area contributed by atoms with Gasteiger partial charge in [-0.3, -0.25) is 0 Å². The Balaban J connectivity index is 1.28. The van der Waals surface area contributed by atoms with Gasteiger partial charge in [-0.25, -0.2) is 0 Å². The zero-order valence-corrected chi connectivity index (χ0v) is 28.6. The third-order valence-corrected chi connectivity index (χ3v) is 10.9. The predicted molar refractivity (Wildman–Crippen MR) is 214 cm³/mol. The molecule has 1 aliphatic rings. The molecule has 2 nitrogen and oxygen atoms in total. The van der Waals surface area contributed by atoms with E-state index in [-0.39, 0.29) is 5.41 Å². The van der Waals surface area contributed by atoms with Crippen LogP contribution < -0.4 is 4.90 Å². The smallest absolute Gasteiger partial charge is 0.144 e. The van der Waals surface area contributed by atoms with E-state index in [1.54, 1.807) is 0 Å². The number of hydrogen-bond donors (Lipinski definition) is 0. The maximum atomic E-state index is 6.74. The number of fused-ring (bicyclic) bond motifs is 8.